The van der Waals surface area contributed by atoms with Crippen molar-refractivity contribution < 1.29 is 9.53 Å². The fourth-order valence-corrected chi connectivity index (χ4v) is 2.02. The Morgan fingerprint density at radius 3 is 2.89 bits per heavy atom. The number of ether oxygens (including phenoxy) is 1. The van der Waals surface area contributed by atoms with Gasteiger partial charge in [-0.15, -0.1) is 0 Å². The molecular weight excluding hydrogens is 228 g/mol. The minimum absolute atomic E-state index is 0.0878. The molecule has 4 heteroatoms. The molecule has 1 amide bonds. The van der Waals surface area contributed by atoms with Gasteiger partial charge in [-0.05, 0) is 44.0 Å². The standard InChI is InChI=1S/C14H20N2O2/c1-18-13-5-2-4-11(10-13)14(17)16(9-3-8-15)12-6-7-12/h2,4-5,10,12H,3,6-9,15H2,1H3. The van der Waals surface area contributed by atoms with Crippen LogP contribution in [0.25, 0.3) is 0 Å². The van der Waals surface area contributed by atoms with Crippen LogP contribution in [0.5, 0.6) is 5.75 Å². The van der Waals surface area contributed by atoms with E-state index in [2.05, 4.69) is 0 Å². The second kappa shape index (κ2) is 5.87. The van der Waals surface area contributed by atoms with Crippen molar-refractivity contribution in [1.82, 2.24) is 4.90 Å². The van der Waals surface area contributed by atoms with Gasteiger partial charge in [0.25, 0.3) is 5.91 Å². The maximum Gasteiger partial charge on any atom is 0.254 e. The quantitative estimate of drug-likeness (QED) is 0.832. The number of carbonyl (C=O) groups is 1. The molecule has 1 aliphatic carbocycles. The molecule has 2 rings (SSSR count). The fraction of sp³-hybridized carbons (Fsp3) is 0.500. The molecule has 0 radical (unpaired) electrons. The fourth-order valence-electron chi connectivity index (χ4n) is 2.02. The van der Waals surface area contributed by atoms with Crippen LogP contribution in [0.3, 0.4) is 0 Å². The summed E-state index contributed by atoms with van der Waals surface area (Å²) >= 11 is 0. The number of nitrogens with zero attached hydrogens (tertiary/aromatic N) is 1. The first-order valence-corrected chi connectivity index (χ1v) is 6.41. The van der Waals surface area contributed by atoms with E-state index in [9.17, 15) is 4.79 Å². The van der Waals surface area contributed by atoms with Gasteiger partial charge in [0.05, 0.1) is 7.11 Å². The second-order valence-electron chi connectivity index (χ2n) is 4.60. The number of hydrogen-bond donors (Lipinski definition) is 1. The molecule has 1 aromatic rings. The van der Waals surface area contributed by atoms with E-state index in [1.807, 2.05) is 23.1 Å². The Morgan fingerprint density at radius 1 is 1.50 bits per heavy atom. The normalized spacial score (nSPS) is 14.3. The predicted octanol–water partition coefficient (Wildman–Crippen LogP) is 1.65. The Kier molecular flexibility index (Phi) is 4.20. The van der Waals surface area contributed by atoms with Crippen molar-refractivity contribution in [2.24, 2.45) is 5.73 Å². The first-order valence-electron chi connectivity index (χ1n) is 6.41. The third-order valence-corrected chi connectivity index (χ3v) is 3.17. The second-order valence-corrected chi connectivity index (χ2v) is 4.60. The van der Waals surface area contributed by atoms with Gasteiger partial charge in [-0.3, -0.25) is 4.79 Å². The van der Waals surface area contributed by atoms with E-state index in [1.54, 1.807) is 13.2 Å². The molecule has 1 aromatic carbocycles. The van der Waals surface area contributed by atoms with E-state index >= 15 is 0 Å². The number of hydrogen-bond acceptors (Lipinski definition) is 3. The minimum Gasteiger partial charge on any atom is -0.497 e. The van der Waals surface area contributed by atoms with Crippen molar-refractivity contribution in [3.05, 3.63) is 29.8 Å². The lowest BCUT2D eigenvalue weighted by atomic mass is 10.1. The topological polar surface area (TPSA) is 55.6 Å². The summed E-state index contributed by atoms with van der Waals surface area (Å²) in [6.07, 6.45) is 3.08. The highest BCUT2D eigenvalue weighted by Gasteiger charge is 2.32. The Labute approximate surface area is 108 Å². The van der Waals surface area contributed by atoms with Gasteiger partial charge in [0.15, 0.2) is 0 Å². The summed E-state index contributed by atoms with van der Waals surface area (Å²) in [5.74, 6) is 0.806. The number of nitrogens with two attached hydrogens (primary N) is 1. The molecule has 0 saturated heterocycles. The Balaban J connectivity index is 2.11. The molecule has 1 saturated carbocycles. The van der Waals surface area contributed by atoms with Gasteiger partial charge < -0.3 is 15.4 Å². The largest absolute Gasteiger partial charge is 0.497 e. The number of amides is 1. The molecule has 18 heavy (non-hydrogen) atoms. The van der Waals surface area contributed by atoms with E-state index in [0.29, 0.717) is 18.2 Å². The zero-order valence-electron chi connectivity index (χ0n) is 10.8. The molecule has 0 bridgehead atoms. The van der Waals surface area contributed by atoms with Gasteiger partial charge in [0, 0.05) is 18.2 Å². The Morgan fingerprint density at radius 2 is 2.28 bits per heavy atom. The van der Waals surface area contributed by atoms with Gasteiger partial charge in [-0.1, -0.05) is 6.07 Å². The highest BCUT2D eigenvalue weighted by atomic mass is 16.5. The molecular formula is C14H20N2O2. The Bertz CT molecular complexity index is 416. The first-order chi connectivity index (χ1) is 8.76. The molecule has 0 unspecified atom stereocenters. The van der Waals surface area contributed by atoms with E-state index in [0.717, 1.165) is 31.6 Å². The lowest BCUT2D eigenvalue weighted by Gasteiger charge is -2.22. The van der Waals surface area contributed by atoms with Crippen LogP contribution >= 0.6 is 0 Å². The predicted molar refractivity (Wildman–Crippen MR) is 70.7 cm³/mol. The lowest BCUT2D eigenvalue weighted by Crippen LogP contribution is -2.34. The molecule has 0 aromatic heterocycles. The third-order valence-electron chi connectivity index (χ3n) is 3.17. The molecule has 4 nitrogen and oxygen atoms in total. The Hall–Kier alpha value is -1.55. The van der Waals surface area contributed by atoms with Crippen LogP contribution in [0.4, 0.5) is 0 Å². The molecule has 2 N–H and O–H groups in total. The summed E-state index contributed by atoms with van der Waals surface area (Å²) in [6, 6.07) is 7.73. The van der Waals surface area contributed by atoms with E-state index in [1.165, 1.54) is 0 Å². The number of carbonyl (C=O) groups excluding carboxylic acids is 1. The highest BCUT2D eigenvalue weighted by molar-refractivity contribution is 5.95. The van der Waals surface area contributed by atoms with Crippen LogP contribution in [-0.2, 0) is 0 Å². The van der Waals surface area contributed by atoms with Gasteiger partial charge in [0.2, 0.25) is 0 Å². The third kappa shape index (κ3) is 3.01. The van der Waals surface area contributed by atoms with Crippen molar-refractivity contribution in [2.75, 3.05) is 20.2 Å². The molecule has 0 spiro atoms. The highest BCUT2D eigenvalue weighted by Crippen LogP contribution is 2.28. The van der Waals surface area contributed by atoms with Crippen LogP contribution in [0.2, 0.25) is 0 Å². The maximum atomic E-state index is 12.4. The summed E-state index contributed by atoms with van der Waals surface area (Å²) in [5, 5.41) is 0. The van der Waals surface area contributed by atoms with Gasteiger partial charge in [0.1, 0.15) is 5.75 Å². The summed E-state index contributed by atoms with van der Waals surface area (Å²) in [5.41, 5.74) is 6.22. The van der Waals surface area contributed by atoms with Crippen molar-refractivity contribution in [2.45, 2.75) is 25.3 Å². The number of rotatable bonds is 6. The number of benzene rings is 1. The van der Waals surface area contributed by atoms with Crippen molar-refractivity contribution in [1.29, 1.82) is 0 Å². The molecule has 0 aliphatic heterocycles. The van der Waals surface area contributed by atoms with E-state index < -0.39 is 0 Å². The van der Waals surface area contributed by atoms with Crippen LogP contribution in [0.15, 0.2) is 24.3 Å². The first kappa shape index (κ1) is 12.9. The maximum absolute atomic E-state index is 12.4. The van der Waals surface area contributed by atoms with Crippen molar-refractivity contribution in [3.63, 3.8) is 0 Å². The van der Waals surface area contributed by atoms with Crippen molar-refractivity contribution in [3.8, 4) is 5.75 Å². The van der Waals surface area contributed by atoms with Gasteiger partial charge in [-0.25, -0.2) is 0 Å². The zero-order chi connectivity index (χ0) is 13.0. The van der Waals surface area contributed by atoms with E-state index in [-0.39, 0.29) is 5.91 Å². The van der Waals surface area contributed by atoms with Crippen LogP contribution in [-0.4, -0.2) is 37.0 Å². The molecule has 98 valence electrons. The average Bonchev–Trinajstić information content (AvgIpc) is 3.23. The average molecular weight is 248 g/mol. The van der Waals surface area contributed by atoms with Crippen LogP contribution < -0.4 is 10.5 Å². The number of methoxy groups -OCH3 is 1. The molecule has 1 aliphatic rings. The summed E-state index contributed by atoms with van der Waals surface area (Å²) in [7, 11) is 1.61. The zero-order valence-corrected chi connectivity index (χ0v) is 10.8. The summed E-state index contributed by atoms with van der Waals surface area (Å²) < 4.78 is 5.15. The van der Waals surface area contributed by atoms with Crippen molar-refractivity contribution >= 4 is 5.91 Å². The summed E-state index contributed by atoms with van der Waals surface area (Å²) in [4.78, 5) is 14.4. The monoisotopic (exact) mass is 248 g/mol. The van der Waals surface area contributed by atoms with Crippen LogP contribution in [0.1, 0.15) is 29.6 Å². The van der Waals surface area contributed by atoms with E-state index in [4.69, 9.17) is 10.5 Å². The van der Waals surface area contributed by atoms with Gasteiger partial charge >= 0.3 is 0 Å². The van der Waals surface area contributed by atoms with Gasteiger partial charge in [-0.2, -0.15) is 0 Å². The SMILES string of the molecule is COc1cccc(C(=O)N(CCCN)C2CC2)c1. The smallest absolute Gasteiger partial charge is 0.254 e. The molecule has 1 fully saturated rings. The molecule has 0 heterocycles. The molecule has 0 atom stereocenters. The minimum atomic E-state index is 0.0878. The summed E-state index contributed by atoms with van der Waals surface area (Å²) in [6.45, 7) is 1.37. The lowest BCUT2D eigenvalue weighted by molar-refractivity contribution is 0.0742. The van der Waals surface area contributed by atoms with Crippen LogP contribution in [0, 0.1) is 0 Å².